The second-order valence-corrected chi connectivity index (χ2v) is 16.2. The zero-order valence-electron chi connectivity index (χ0n) is 42.8. The van der Waals surface area contributed by atoms with E-state index in [4.69, 9.17) is 4.42 Å². The van der Waals surface area contributed by atoms with Crippen LogP contribution in [0.25, 0.3) is 104 Å². The summed E-state index contributed by atoms with van der Waals surface area (Å²) in [6.07, 6.45) is 0. The summed E-state index contributed by atoms with van der Waals surface area (Å²) in [5.74, 6) is 0. The number of anilines is 3. The second kappa shape index (κ2) is 15.0. The van der Waals surface area contributed by atoms with Crippen LogP contribution < -0.4 is 4.90 Å². The van der Waals surface area contributed by atoms with Crippen molar-refractivity contribution < 1.29 is 15.4 Å². The molecule has 0 bridgehead atoms. The number of aromatic nitrogens is 1. The fourth-order valence-corrected chi connectivity index (χ4v) is 9.57. The van der Waals surface area contributed by atoms with E-state index in [-0.39, 0.29) is 52.4 Å². The summed E-state index contributed by atoms with van der Waals surface area (Å²) in [6, 6.07) is 59.0. The van der Waals surface area contributed by atoms with E-state index in [1.165, 1.54) is 4.90 Å². The van der Waals surface area contributed by atoms with Gasteiger partial charge in [0.2, 0.25) is 0 Å². The fourth-order valence-electron chi connectivity index (χ4n) is 9.57. The van der Waals surface area contributed by atoms with E-state index < -0.39 is 24.2 Å². The molecule has 3 heteroatoms. The van der Waals surface area contributed by atoms with E-state index in [0.29, 0.717) is 38.8 Å². The van der Waals surface area contributed by atoms with Crippen LogP contribution >= 0.6 is 0 Å². The summed E-state index contributed by atoms with van der Waals surface area (Å²) in [6.45, 7) is 0. The Morgan fingerprint density at radius 2 is 0.938 bits per heavy atom. The maximum atomic E-state index is 10.0. The van der Waals surface area contributed by atoms with E-state index in [2.05, 4.69) is 16.7 Å². The third-order valence-electron chi connectivity index (χ3n) is 12.5. The Morgan fingerprint density at radius 1 is 0.385 bits per heavy atom. The predicted molar refractivity (Wildman–Crippen MR) is 274 cm³/mol. The number of benzene rings is 11. The summed E-state index contributed by atoms with van der Waals surface area (Å²) in [5, 5.41) is 7.15. The molecule has 0 amide bonds. The minimum atomic E-state index is -0.438. The molecule has 2 heterocycles. The number of nitrogens with zero attached hydrogens (tertiary/aromatic N) is 2. The highest BCUT2D eigenvalue weighted by atomic mass is 16.3. The maximum Gasteiger partial charge on any atom is 0.143 e. The fraction of sp³-hybridized carbons (Fsp3) is 0. The van der Waals surface area contributed by atoms with Gasteiger partial charge in [0.15, 0.2) is 0 Å². The standard InChI is InChI=1S/C62H40N2O/c1-3-19-49-42(14-1)16-12-24-50(49)46-18-11-17-45(40-46)41-30-35-47(36-31-41)63(59-28-13-29-60-61(59)55-39-34-43-15-2-4-21-52(43)62(55)65-60)48-37-32-44(33-38-48)51-20-5-8-25-56(51)64-57-26-9-6-22-53(57)54-23-7-10-27-58(54)64/h1-40H/i30D,31D,32D,33D,35D,36D,37D,38D. The van der Waals surface area contributed by atoms with Crippen LogP contribution in [0.5, 0.6) is 0 Å². The molecule has 0 atom stereocenters. The van der Waals surface area contributed by atoms with Crippen molar-refractivity contribution in [1.82, 2.24) is 4.57 Å². The van der Waals surface area contributed by atoms with Gasteiger partial charge in [-0.25, -0.2) is 0 Å². The summed E-state index contributed by atoms with van der Waals surface area (Å²) in [4.78, 5) is 1.38. The second-order valence-electron chi connectivity index (χ2n) is 16.2. The van der Waals surface area contributed by atoms with Gasteiger partial charge in [0.1, 0.15) is 11.2 Å². The van der Waals surface area contributed by atoms with Crippen molar-refractivity contribution in [3.63, 3.8) is 0 Å². The highest BCUT2D eigenvalue weighted by Gasteiger charge is 2.22. The first-order valence-corrected chi connectivity index (χ1v) is 21.6. The first kappa shape index (κ1) is 29.6. The number of fused-ring (bicyclic) bond motifs is 9. The molecule has 0 unspecified atom stereocenters. The molecule has 0 aliphatic carbocycles. The zero-order valence-corrected chi connectivity index (χ0v) is 34.8. The van der Waals surface area contributed by atoms with Crippen molar-refractivity contribution in [3.8, 4) is 39.1 Å². The van der Waals surface area contributed by atoms with Crippen LogP contribution in [0.3, 0.4) is 0 Å². The molecule has 13 rings (SSSR count). The van der Waals surface area contributed by atoms with E-state index in [1.54, 1.807) is 30.3 Å². The highest BCUT2D eigenvalue weighted by Crippen LogP contribution is 2.45. The first-order valence-electron chi connectivity index (χ1n) is 25.6. The Morgan fingerprint density at radius 3 is 1.69 bits per heavy atom. The van der Waals surface area contributed by atoms with Crippen LogP contribution in [0.2, 0.25) is 0 Å². The van der Waals surface area contributed by atoms with Crippen molar-refractivity contribution in [3.05, 3.63) is 242 Å². The lowest BCUT2D eigenvalue weighted by Gasteiger charge is -2.27. The quantitative estimate of drug-likeness (QED) is 0.159. The average Bonchev–Trinajstić information content (AvgIpc) is 3.99. The Balaban J connectivity index is 1.07. The van der Waals surface area contributed by atoms with Gasteiger partial charge in [-0.15, -0.1) is 0 Å². The molecule has 0 aliphatic rings. The van der Waals surface area contributed by atoms with Crippen LogP contribution in [-0.4, -0.2) is 4.57 Å². The SMILES string of the molecule is [2H]c1c([2H])c(N(c2c([2H])c([2H])c(-c3ccccc3-n3c4ccccc4c4ccccc43)c([2H])c2[2H])c2cccc3oc4c5ccccc5ccc4c23)c([2H])c([2H])c1-c1cccc(-c2cccc3ccccc23)c1. The van der Waals surface area contributed by atoms with Crippen LogP contribution in [0.15, 0.2) is 247 Å². The third kappa shape index (κ3) is 6.05. The highest BCUT2D eigenvalue weighted by molar-refractivity contribution is 6.19. The Bertz CT molecular complexity index is 4350. The van der Waals surface area contributed by atoms with Crippen LogP contribution in [0, 0.1) is 0 Å². The minimum absolute atomic E-state index is 0.0654. The molecule has 3 nitrogen and oxygen atoms in total. The number of para-hydroxylation sites is 3. The van der Waals surface area contributed by atoms with Crippen LogP contribution in [0.1, 0.15) is 11.0 Å². The molecule has 13 aromatic rings. The Hall–Kier alpha value is -8.66. The molecule has 0 radical (unpaired) electrons. The molecule has 11 aromatic carbocycles. The van der Waals surface area contributed by atoms with Gasteiger partial charge in [-0.2, -0.15) is 0 Å². The van der Waals surface area contributed by atoms with Crippen LogP contribution in [-0.2, 0) is 0 Å². The molecule has 304 valence electrons. The maximum absolute atomic E-state index is 10.0. The van der Waals surface area contributed by atoms with Crippen LogP contribution in [0.4, 0.5) is 17.1 Å². The van der Waals surface area contributed by atoms with Crippen molar-refractivity contribution in [2.45, 2.75) is 0 Å². The molecule has 0 N–H and O–H groups in total. The zero-order chi connectivity index (χ0) is 49.8. The van der Waals surface area contributed by atoms with Gasteiger partial charge in [0.05, 0.1) is 38.8 Å². The average molecular weight is 837 g/mol. The predicted octanol–water partition coefficient (Wildman–Crippen LogP) is 17.5. The van der Waals surface area contributed by atoms with Gasteiger partial charge in [-0.1, -0.05) is 176 Å². The number of hydrogen-bond donors (Lipinski definition) is 0. The largest absolute Gasteiger partial charge is 0.455 e. The van der Waals surface area contributed by atoms with Gasteiger partial charge in [0.25, 0.3) is 0 Å². The molecular formula is C62H40N2O. The Kier molecular flexibility index (Phi) is 6.84. The van der Waals surface area contributed by atoms with Gasteiger partial charge in [0, 0.05) is 38.5 Å². The lowest BCUT2D eigenvalue weighted by atomic mass is 9.95. The molecule has 65 heavy (non-hydrogen) atoms. The summed E-state index contributed by atoms with van der Waals surface area (Å²) < 4.78 is 87.8. The van der Waals surface area contributed by atoms with Crippen molar-refractivity contribution in [1.29, 1.82) is 0 Å². The van der Waals surface area contributed by atoms with Crippen molar-refractivity contribution >= 4 is 82.4 Å². The van der Waals surface area contributed by atoms with Gasteiger partial charge in [-0.3, -0.25) is 0 Å². The molecular weight excluding hydrogens is 789 g/mol. The van der Waals surface area contributed by atoms with E-state index >= 15 is 0 Å². The molecule has 2 aromatic heterocycles. The minimum Gasteiger partial charge on any atom is -0.455 e. The molecule has 0 aliphatic heterocycles. The van der Waals surface area contributed by atoms with Crippen molar-refractivity contribution in [2.24, 2.45) is 0 Å². The Labute approximate surface area is 387 Å². The normalized spacial score (nSPS) is 13.4. The number of rotatable bonds is 7. The molecule has 0 fully saturated rings. The molecule has 0 spiro atoms. The number of furan rings is 1. The van der Waals surface area contributed by atoms with E-state index in [0.717, 1.165) is 54.5 Å². The van der Waals surface area contributed by atoms with Gasteiger partial charge >= 0.3 is 0 Å². The summed E-state index contributed by atoms with van der Waals surface area (Å²) in [7, 11) is 0. The number of hydrogen-bond acceptors (Lipinski definition) is 2. The summed E-state index contributed by atoms with van der Waals surface area (Å²) >= 11 is 0. The monoisotopic (exact) mass is 836 g/mol. The first-order chi connectivity index (χ1) is 35.6. The van der Waals surface area contributed by atoms with Gasteiger partial charge < -0.3 is 13.9 Å². The third-order valence-corrected chi connectivity index (χ3v) is 12.5. The lowest BCUT2D eigenvalue weighted by Crippen LogP contribution is -2.10. The van der Waals surface area contributed by atoms with Crippen molar-refractivity contribution in [2.75, 3.05) is 4.90 Å². The van der Waals surface area contributed by atoms with E-state index in [9.17, 15) is 11.0 Å². The van der Waals surface area contributed by atoms with E-state index in [1.807, 2.05) is 152 Å². The van der Waals surface area contributed by atoms with Gasteiger partial charge in [-0.05, 0) is 111 Å². The lowest BCUT2D eigenvalue weighted by molar-refractivity contribution is 0.672. The molecule has 0 saturated carbocycles. The molecule has 0 saturated heterocycles. The summed E-state index contributed by atoms with van der Waals surface area (Å²) in [5.41, 5.74) is 6.19. The topological polar surface area (TPSA) is 21.3 Å². The smallest absolute Gasteiger partial charge is 0.143 e.